The van der Waals surface area contributed by atoms with E-state index in [4.69, 9.17) is 40.5 Å². The van der Waals surface area contributed by atoms with E-state index >= 15 is 0 Å². The number of anilines is 1. The fourth-order valence-corrected chi connectivity index (χ4v) is 2.62. The first-order valence-corrected chi connectivity index (χ1v) is 7.38. The first-order valence-electron chi connectivity index (χ1n) is 6.24. The molecule has 2 rings (SSSR count). The lowest BCUT2D eigenvalue weighted by Gasteiger charge is -2.08. The van der Waals surface area contributed by atoms with Gasteiger partial charge in [-0.25, -0.2) is 0 Å². The molecule has 0 aliphatic carbocycles. The van der Waals surface area contributed by atoms with Crippen LogP contribution in [0, 0.1) is 0 Å². The molecule has 0 fully saturated rings. The highest BCUT2D eigenvalue weighted by molar-refractivity contribution is 6.35. The van der Waals surface area contributed by atoms with Gasteiger partial charge in [0, 0.05) is 22.3 Å². The number of nitrogens with one attached hydrogen (secondary N) is 1. The molecule has 0 aliphatic heterocycles. The molecular formula is C15H13Cl3N2O. The number of amides is 1. The summed E-state index contributed by atoms with van der Waals surface area (Å²) in [5.74, 6) is -0.245. The smallest absolute Gasteiger partial charge is 0.252 e. The highest BCUT2D eigenvalue weighted by Crippen LogP contribution is 2.21. The van der Waals surface area contributed by atoms with Crippen molar-refractivity contribution in [3.8, 4) is 0 Å². The van der Waals surface area contributed by atoms with Crippen molar-refractivity contribution < 1.29 is 4.79 Å². The Morgan fingerprint density at radius 2 is 1.81 bits per heavy atom. The second kappa shape index (κ2) is 7.03. The Kier molecular flexibility index (Phi) is 5.34. The van der Waals surface area contributed by atoms with Gasteiger partial charge in [0.25, 0.3) is 5.91 Å². The van der Waals surface area contributed by atoms with E-state index in [0.29, 0.717) is 39.3 Å². The molecule has 2 aromatic carbocycles. The van der Waals surface area contributed by atoms with Crippen LogP contribution in [-0.4, -0.2) is 12.5 Å². The van der Waals surface area contributed by atoms with E-state index in [1.807, 2.05) is 6.07 Å². The molecule has 110 valence electrons. The average Bonchev–Trinajstić information content (AvgIpc) is 2.41. The molecule has 0 heterocycles. The summed E-state index contributed by atoms with van der Waals surface area (Å²) in [5, 5.41) is 4.29. The lowest BCUT2D eigenvalue weighted by atomic mass is 10.1. The van der Waals surface area contributed by atoms with Gasteiger partial charge in [0.2, 0.25) is 0 Å². The number of benzene rings is 2. The molecule has 0 atom stereocenters. The van der Waals surface area contributed by atoms with Crippen molar-refractivity contribution in [1.29, 1.82) is 0 Å². The summed E-state index contributed by atoms with van der Waals surface area (Å²) in [6.45, 7) is 0.445. The van der Waals surface area contributed by atoms with E-state index in [-0.39, 0.29) is 5.91 Å². The number of rotatable bonds is 4. The molecule has 0 aliphatic rings. The van der Waals surface area contributed by atoms with Gasteiger partial charge >= 0.3 is 0 Å². The van der Waals surface area contributed by atoms with Crippen LogP contribution in [0.5, 0.6) is 0 Å². The van der Waals surface area contributed by atoms with Crippen LogP contribution in [0.25, 0.3) is 0 Å². The van der Waals surface area contributed by atoms with Gasteiger partial charge in [-0.05, 0) is 42.3 Å². The third kappa shape index (κ3) is 4.27. The molecule has 0 saturated carbocycles. The van der Waals surface area contributed by atoms with Gasteiger partial charge in [-0.1, -0.05) is 40.9 Å². The summed E-state index contributed by atoms with van der Waals surface area (Å²) in [4.78, 5) is 12.0. The highest BCUT2D eigenvalue weighted by atomic mass is 35.5. The van der Waals surface area contributed by atoms with Gasteiger partial charge in [-0.3, -0.25) is 4.79 Å². The normalized spacial score (nSPS) is 10.4. The number of nitrogen functional groups attached to an aromatic ring is 1. The molecule has 6 heteroatoms. The van der Waals surface area contributed by atoms with Crippen LogP contribution in [0.2, 0.25) is 15.1 Å². The minimum Gasteiger partial charge on any atom is -0.399 e. The van der Waals surface area contributed by atoms with E-state index in [0.717, 1.165) is 5.56 Å². The van der Waals surface area contributed by atoms with Crippen molar-refractivity contribution in [3.63, 3.8) is 0 Å². The first-order chi connectivity index (χ1) is 9.97. The molecule has 0 unspecified atom stereocenters. The number of hydrogen-bond donors (Lipinski definition) is 2. The van der Waals surface area contributed by atoms with Crippen LogP contribution < -0.4 is 11.1 Å². The molecule has 1 amide bonds. The molecule has 0 saturated heterocycles. The second-order valence-corrected chi connectivity index (χ2v) is 5.73. The SMILES string of the molecule is Nc1ccc(C(=O)NCCc2ccc(Cl)cc2Cl)c(Cl)c1. The van der Waals surface area contributed by atoms with Crippen molar-refractivity contribution in [2.45, 2.75) is 6.42 Å². The third-order valence-electron chi connectivity index (χ3n) is 2.93. The van der Waals surface area contributed by atoms with Crippen molar-refractivity contribution in [1.82, 2.24) is 5.32 Å². The van der Waals surface area contributed by atoms with Crippen LogP contribution in [-0.2, 0) is 6.42 Å². The number of halogens is 3. The zero-order valence-corrected chi connectivity index (χ0v) is 13.3. The van der Waals surface area contributed by atoms with Crippen LogP contribution in [0.3, 0.4) is 0 Å². The number of carbonyl (C=O) groups is 1. The standard InChI is InChI=1S/C15H13Cl3N2O/c16-10-2-1-9(13(17)7-10)5-6-20-15(21)12-4-3-11(19)8-14(12)18/h1-4,7-8H,5-6,19H2,(H,20,21). The summed E-state index contributed by atoms with van der Waals surface area (Å²) >= 11 is 17.9. The van der Waals surface area contributed by atoms with Crippen molar-refractivity contribution >= 4 is 46.4 Å². The monoisotopic (exact) mass is 342 g/mol. The number of carbonyl (C=O) groups excluding carboxylic acids is 1. The summed E-state index contributed by atoms with van der Waals surface area (Å²) in [5.41, 5.74) is 7.43. The van der Waals surface area contributed by atoms with E-state index < -0.39 is 0 Å². The molecule has 0 bridgehead atoms. The minimum atomic E-state index is -0.245. The minimum absolute atomic E-state index is 0.245. The Morgan fingerprint density at radius 1 is 1.05 bits per heavy atom. The van der Waals surface area contributed by atoms with E-state index in [1.165, 1.54) is 0 Å². The van der Waals surface area contributed by atoms with Crippen molar-refractivity contribution in [3.05, 3.63) is 62.6 Å². The zero-order chi connectivity index (χ0) is 15.4. The first kappa shape index (κ1) is 16.0. The predicted molar refractivity (Wildman–Crippen MR) is 88.4 cm³/mol. The van der Waals surface area contributed by atoms with Gasteiger partial charge in [0.1, 0.15) is 0 Å². The zero-order valence-electron chi connectivity index (χ0n) is 11.0. The average molecular weight is 344 g/mol. The van der Waals surface area contributed by atoms with Gasteiger partial charge in [0.05, 0.1) is 10.6 Å². The topological polar surface area (TPSA) is 55.1 Å². The molecule has 0 spiro atoms. The van der Waals surface area contributed by atoms with E-state index in [2.05, 4.69) is 5.32 Å². The van der Waals surface area contributed by atoms with Gasteiger partial charge in [-0.15, -0.1) is 0 Å². The second-order valence-electron chi connectivity index (χ2n) is 4.48. The fraction of sp³-hybridized carbons (Fsp3) is 0.133. The summed E-state index contributed by atoms with van der Waals surface area (Å²) in [6, 6.07) is 10.1. The predicted octanol–water partition coefficient (Wildman–Crippen LogP) is 4.20. The molecule has 21 heavy (non-hydrogen) atoms. The van der Waals surface area contributed by atoms with Gasteiger partial charge < -0.3 is 11.1 Å². The van der Waals surface area contributed by atoms with Crippen LogP contribution in [0.15, 0.2) is 36.4 Å². The van der Waals surface area contributed by atoms with E-state index in [9.17, 15) is 4.79 Å². The molecule has 2 aromatic rings. The largest absolute Gasteiger partial charge is 0.399 e. The highest BCUT2D eigenvalue weighted by Gasteiger charge is 2.10. The molecular weight excluding hydrogens is 331 g/mol. The van der Waals surface area contributed by atoms with E-state index in [1.54, 1.807) is 30.3 Å². The molecule has 0 aromatic heterocycles. The third-order valence-corrected chi connectivity index (χ3v) is 3.83. The summed E-state index contributed by atoms with van der Waals surface area (Å²) in [7, 11) is 0. The molecule has 3 nitrogen and oxygen atoms in total. The van der Waals surface area contributed by atoms with Crippen molar-refractivity contribution in [2.24, 2.45) is 0 Å². The van der Waals surface area contributed by atoms with Crippen LogP contribution >= 0.6 is 34.8 Å². The lowest BCUT2D eigenvalue weighted by Crippen LogP contribution is -2.26. The Labute approximate surface area is 138 Å². The van der Waals surface area contributed by atoms with Crippen molar-refractivity contribution in [2.75, 3.05) is 12.3 Å². The Balaban J connectivity index is 1.95. The lowest BCUT2D eigenvalue weighted by molar-refractivity contribution is 0.0954. The van der Waals surface area contributed by atoms with Gasteiger partial charge in [0.15, 0.2) is 0 Å². The molecule has 3 N–H and O–H groups in total. The maximum atomic E-state index is 12.0. The summed E-state index contributed by atoms with van der Waals surface area (Å²) < 4.78 is 0. The number of nitrogens with two attached hydrogens (primary N) is 1. The Morgan fingerprint density at radius 3 is 2.48 bits per heavy atom. The quantitative estimate of drug-likeness (QED) is 0.817. The Hall–Kier alpha value is -1.42. The van der Waals surface area contributed by atoms with Crippen LogP contribution in [0.1, 0.15) is 15.9 Å². The van der Waals surface area contributed by atoms with Gasteiger partial charge in [-0.2, -0.15) is 0 Å². The maximum absolute atomic E-state index is 12.0. The fourth-order valence-electron chi connectivity index (χ4n) is 1.85. The Bertz CT molecular complexity index is 674. The van der Waals surface area contributed by atoms with Crippen LogP contribution in [0.4, 0.5) is 5.69 Å². The number of hydrogen-bond acceptors (Lipinski definition) is 2. The summed E-state index contributed by atoms with van der Waals surface area (Å²) in [6.07, 6.45) is 0.605. The maximum Gasteiger partial charge on any atom is 0.252 e. The molecule has 0 radical (unpaired) electrons.